The monoisotopic (exact) mass is 745 g/mol. The van der Waals surface area contributed by atoms with Crippen LogP contribution in [-0.2, 0) is 15.4 Å². The third kappa shape index (κ3) is 7.22. The van der Waals surface area contributed by atoms with Crippen molar-refractivity contribution in [3.63, 3.8) is 0 Å². The molecule has 0 saturated heterocycles. The largest absolute Gasteiger partial charge is 0.497 e. The maximum Gasteiger partial charge on any atom is 0.244 e. The van der Waals surface area contributed by atoms with E-state index < -0.39 is 15.4 Å². The van der Waals surface area contributed by atoms with Crippen molar-refractivity contribution in [2.45, 2.75) is 38.0 Å². The molecule has 0 radical (unpaired) electrons. The number of nitrogens with zero attached hydrogens (tertiary/aromatic N) is 1. The lowest BCUT2D eigenvalue weighted by atomic mass is 9.49. The van der Waals surface area contributed by atoms with Gasteiger partial charge in [0.2, 0.25) is 10.0 Å². The Morgan fingerprint density at radius 2 is 1.20 bits per heavy atom. The van der Waals surface area contributed by atoms with Crippen molar-refractivity contribution in [3.05, 3.63) is 201 Å². The van der Waals surface area contributed by atoms with E-state index >= 15 is 0 Å². The zero-order chi connectivity index (χ0) is 39.3. The first-order valence-corrected chi connectivity index (χ1v) is 19.7. The number of ether oxygens (including phenoxy) is 2. The lowest BCUT2D eigenvalue weighted by Gasteiger charge is -2.53. The van der Waals surface area contributed by atoms with Gasteiger partial charge in [0.15, 0.2) is 0 Å². The molecule has 5 aromatic carbocycles. The summed E-state index contributed by atoms with van der Waals surface area (Å²) in [5, 5.41) is 0. The SMILES string of the molecule is C#CCN(CC1=C(C(C(=C)C)=C(C)C)C(c2ccccc2)(c2ccccc2)C1=C(c1ccc(OC)cc1)c1ccc(OC)cc1)S(=O)(=O)c1ccc(C)cc1. The second kappa shape index (κ2) is 16.2. The summed E-state index contributed by atoms with van der Waals surface area (Å²) in [6.45, 7) is 12.5. The lowest BCUT2D eigenvalue weighted by Crippen LogP contribution is -2.48. The minimum absolute atomic E-state index is 0.0202. The summed E-state index contributed by atoms with van der Waals surface area (Å²) < 4.78 is 41.9. The Morgan fingerprint density at radius 3 is 1.60 bits per heavy atom. The summed E-state index contributed by atoms with van der Waals surface area (Å²) in [7, 11) is -0.736. The molecule has 0 unspecified atom stereocenters. The van der Waals surface area contributed by atoms with Crippen molar-refractivity contribution in [2.24, 2.45) is 0 Å². The zero-order valence-electron chi connectivity index (χ0n) is 32.4. The maximum atomic E-state index is 14.6. The number of methoxy groups -OCH3 is 2. The number of terminal acetylenes is 1. The van der Waals surface area contributed by atoms with Crippen LogP contribution >= 0.6 is 0 Å². The molecule has 1 aliphatic rings. The van der Waals surface area contributed by atoms with E-state index in [1.165, 1.54) is 4.31 Å². The minimum Gasteiger partial charge on any atom is -0.497 e. The van der Waals surface area contributed by atoms with Crippen LogP contribution in [0.4, 0.5) is 0 Å². The molecule has 1 aliphatic carbocycles. The fraction of sp³-hybridized carbons (Fsp3) is 0.184. The number of sulfonamides is 1. The summed E-state index contributed by atoms with van der Waals surface area (Å²) >= 11 is 0. The quantitative estimate of drug-likeness (QED) is 0.0890. The van der Waals surface area contributed by atoms with Crippen molar-refractivity contribution in [1.82, 2.24) is 4.31 Å². The first-order chi connectivity index (χ1) is 26.5. The Labute approximate surface area is 327 Å². The van der Waals surface area contributed by atoms with Gasteiger partial charge in [-0.15, -0.1) is 6.42 Å². The van der Waals surface area contributed by atoms with E-state index in [2.05, 4.69) is 99.1 Å². The molecule has 5 aromatic rings. The summed E-state index contributed by atoms with van der Waals surface area (Å²) in [5.74, 6) is 4.12. The smallest absolute Gasteiger partial charge is 0.244 e. The number of hydrogen-bond acceptors (Lipinski definition) is 4. The average Bonchev–Trinajstić information content (AvgIpc) is 3.20. The molecule has 0 heterocycles. The number of rotatable bonds is 13. The molecule has 0 amide bonds. The Bertz CT molecular complexity index is 2340. The van der Waals surface area contributed by atoms with Crippen LogP contribution in [-0.4, -0.2) is 40.0 Å². The van der Waals surface area contributed by atoms with Gasteiger partial charge < -0.3 is 9.47 Å². The molecule has 0 N–H and O–H groups in total. The molecule has 0 atom stereocenters. The maximum absolute atomic E-state index is 14.6. The summed E-state index contributed by atoms with van der Waals surface area (Å²) in [5.41, 5.74) is 10.8. The van der Waals surface area contributed by atoms with Crippen molar-refractivity contribution in [1.29, 1.82) is 0 Å². The Kier molecular flexibility index (Phi) is 11.5. The van der Waals surface area contributed by atoms with E-state index in [1.807, 2.05) is 62.4 Å². The number of benzene rings is 5. The van der Waals surface area contributed by atoms with Gasteiger partial charge in [-0.25, -0.2) is 8.42 Å². The molecule has 0 saturated carbocycles. The molecule has 278 valence electrons. The molecule has 55 heavy (non-hydrogen) atoms. The highest BCUT2D eigenvalue weighted by Crippen LogP contribution is 2.63. The summed E-state index contributed by atoms with van der Waals surface area (Å²) in [6.07, 6.45) is 5.99. The predicted molar refractivity (Wildman–Crippen MR) is 225 cm³/mol. The normalized spacial score (nSPS) is 13.5. The van der Waals surface area contributed by atoms with Crippen molar-refractivity contribution < 1.29 is 17.9 Å². The average molecular weight is 746 g/mol. The van der Waals surface area contributed by atoms with Crippen LogP contribution in [0.3, 0.4) is 0 Å². The van der Waals surface area contributed by atoms with E-state index in [9.17, 15) is 8.42 Å². The van der Waals surface area contributed by atoms with Crippen LogP contribution in [0.2, 0.25) is 0 Å². The van der Waals surface area contributed by atoms with Crippen molar-refractivity contribution in [3.8, 4) is 23.8 Å². The van der Waals surface area contributed by atoms with E-state index in [4.69, 9.17) is 15.9 Å². The molecule has 0 aromatic heterocycles. The van der Waals surface area contributed by atoms with Crippen LogP contribution in [0.15, 0.2) is 178 Å². The molecule has 0 bridgehead atoms. The van der Waals surface area contributed by atoms with Gasteiger partial charge in [-0.3, -0.25) is 0 Å². The van der Waals surface area contributed by atoms with Crippen molar-refractivity contribution in [2.75, 3.05) is 27.3 Å². The van der Waals surface area contributed by atoms with Gasteiger partial charge in [0.05, 0.1) is 31.1 Å². The fourth-order valence-corrected chi connectivity index (χ4v) is 9.14. The van der Waals surface area contributed by atoms with Gasteiger partial charge in [0.25, 0.3) is 0 Å². The van der Waals surface area contributed by atoms with Gasteiger partial charge >= 0.3 is 0 Å². The molecule has 6 rings (SSSR count). The lowest BCUT2D eigenvalue weighted by molar-refractivity contribution is 0.414. The van der Waals surface area contributed by atoms with Gasteiger partial charge in [-0.05, 0) is 114 Å². The Balaban J connectivity index is 1.84. The molecule has 0 aliphatic heterocycles. The summed E-state index contributed by atoms with van der Waals surface area (Å²) in [6, 6.07) is 43.9. The predicted octanol–water partition coefficient (Wildman–Crippen LogP) is 10.3. The third-order valence-electron chi connectivity index (χ3n) is 10.2. The van der Waals surface area contributed by atoms with E-state index in [-0.39, 0.29) is 18.0 Å². The minimum atomic E-state index is -4.04. The van der Waals surface area contributed by atoms with Gasteiger partial charge in [-0.1, -0.05) is 126 Å². The van der Waals surface area contributed by atoms with E-state index in [0.717, 1.165) is 78.3 Å². The van der Waals surface area contributed by atoms with Crippen LogP contribution in [0.25, 0.3) is 5.57 Å². The Morgan fingerprint density at radius 1 is 0.727 bits per heavy atom. The van der Waals surface area contributed by atoms with Gasteiger partial charge in [0, 0.05) is 6.54 Å². The molecule has 5 nitrogen and oxygen atoms in total. The summed E-state index contributed by atoms with van der Waals surface area (Å²) in [4.78, 5) is 0.186. The first kappa shape index (κ1) is 38.8. The highest BCUT2D eigenvalue weighted by molar-refractivity contribution is 7.89. The van der Waals surface area contributed by atoms with Crippen LogP contribution in [0, 0.1) is 19.3 Å². The second-order valence-corrected chi connectivity index (χ2v) is 15.9. The van der Waals surface area contributed by atoms with Crippen molar-refractivity contribution >= 4 is 15.6 Å². The Hall–Kier alpha value is -5.87. The number of allylic oxidation sites excluding steroid dienone is 4. The topological polar surface area (TPSA) is 55.8 Å². The molecular formula is C49H47NO4S. The van der Waals surface area contributed by atoms with Crippen LogP contribution in [0.5, 0.6) is 11.5 Å². The molecule has 6 heteroatoms. The molecule has 0 spiro atoms. The molecule has 0 fully saturated rings. The van der Waals surface area contributed by atoms with Crippen LogP contribution < -0.4 is 9.47 Å². The first-order valence-electron chi connectivity index (χ1n) is 18.2. The van der Waals surface area contributed by atoms with Crippen LogP contribution in [0.1, 0.15) is 48.6 Å². The second-order valence-electron chi connectivity index (χ2n) is 14.0. The fourth-order valence-electron chi connectivity index (χ4n) is 7.82. The molecular weight excluding hydrogens is 699 g/mol. The number of aryl methyl sites for hydroxylation is 1. The third-order valence-corrected chi connectivity index (χ3v) is 12.0. The van der Waals surface area contributed by atoms with Gasteiger partial charge in [-0.2, -0.15) is 4.31 Å². The standard InChI is InChI=1S/C49H47NO4S/c1-9-32-50(55(51,52)43-30-20-36(6)21-31-43)33-44-47(45(34(2)3)35(4)5)49(39-16-12-10-13-17-39,40-18-14-11-15-19-40)48(44)46(37-22-26-41(53-7)27-23-37)38-24-28-42(54-8)29-25-38/h1,10-31H,2,32-33H2,3-8H3. The zero-order valence-corrected chi connectivity index (χ0v) is 33.2. The van der Waals surface area contributed by atoms with E-state index in [0.29, 0.717) is 0 Å². The van der Waals surface area contributed by atoms with E-state index in [1.54, 1.807) is 26.4 Å². The number of hydrogen-bond donors (Lipinski definition) is 0. The highest BCUT2D eigenvalue weighted by Gasteiger charge is 2.55. The highest BCUT2D eigenvalue weighted by atomic mass is 32.2. The van der Waals surface area contributed by atoms with Gasteiger partial charge in [0.1, 0.15) is 11.5 Å².